The lowest BCUT2D eigenvalue weighted by Gasteiger charge is -2.35. The number of nitrogens with one attached hydrogen (secondary N) is 1. The van der Waals surface area contributed by atoms with Crippen molar-refractivity contribution in [2.24, 2.45) is 0 Å². The number of rotatable bonds is 4. The molecule has 2 fully saturated rings. The van der Waals surface area contributed by atoms with Gasteiger partial charge in [-0.3, -0.25) is 19.8 Å². The number of barbiturate groups is 1. The Labute approximate surface area is 197 Å². The lowest BCUT2D eigenvalue weighted by molar-refractivity contribution is -0.132. The summed E-state index contributed by atoms with van der Waals surface area (Å²) in [6, 6.07) is 16.6. The van der Waals surface area contributed by atoms with E-state index in [4.69, 9.17) is 0 Å². The van der Waals surface area contributed by atoms with Crippen molar-refractivity contribution in [3.63, 3.8) is 0 Å². The molecule has 3 aromatic rings. The van der Waals surface area contributed by atoms with Crippen molar-refractivity contribution in [1.29, 1.82) is 5.26 Å². The van der Waals surface area contributed by atoms with Gasteiger partial charge in [0.15, 0.2) is 0 Å². The minimum Gasteiger partial charge on any atom is -0.342 e. The predicted octanol–water partition coefficient (Wildman–Crippen LogP) is 4.36. The lowest BCUT2D eigenvalue weighted by atomic mass is 9.93. The molecule has 2 aromatic carbocycles. The fourth-order valence-electron chi connectivity index (χ4n) is 4.97. The van der Waals surface area contributed by atoms with E-state index in [9.17, 15) is 19.6 Å². The SMILES string of the molecule is N#Cc1ccccc1Cn1cc(/C=C2\C(=O)NC(=O)N(C3CCCCC3)C2=O)c2ccccc21. The van der Waals surface area contributed by atoms with E-state index in [-0.39, 0.29) is 11.6 Å². The van der Waals surface area contributed by atoms with Crippen LogP contribution in [-0.4, -0.2) is 33.4 Å². The third-order valence-electron chi connectivity index (χ3n) is 6.67. The van der Waals surface area contributed by atoms with Crippen LogP contribution in [0.1, 0.15) is 48.8 Å². The van der Waals surface area contributed by atoms with E-state index < -0.39 is 17.8 Å². The maximum Gasteiger partial charge on any atom is 0.331 e. The zero-order valence-corrected chi connectivity index (χ0v) is 18.7. The fraction of sp³-hybridized carbons (Fsp3) is 0.259. The summed E-state index contributed by atoms with van der Waals surface area (Å²) in [7, 11) is 0. The number of aromatic nitrogens is 1. The van der Waals surface area contributed by atoms with Crippen molar-refractivity contribution >= 4 is 34.8 Å². The molecule has 1 N–H and O–H groups in total. The number of fused-ring (bicyclic) bond motifs is 1. The Balaban J connectivity index is 1.54. The molecular formula is C27H24N4O3. The van der Waals surface area contributed by atoms with Gasteiger partial charge in [0.1, 0.15) is 5.57 Å². The monoisotopic (exact) mass is 452 g/mol. The zero-order valence-electron chi connectivity index (χ0n) is 18.7. The molecule has 0 unspecified atom stereocenters. The number of nitrogens with zero attached hydrogens (tertiary/aromatic N) is 3. The summed E-state index contributed by atoms with van der Waals surface area (Å²) in [6.45, 7) is 0.472. The van der Waals surface area contributed by atoms with Crippen molar-refractivity contribution in [2.75, 3.05) is 0 Å². The highest BCUT2D eigenvalue weighted by Gasteiger charge is 2.40. The van der Waals surface area contributed by atoms with Crippen molar-refractivity contribution in [2.45, 2.75) is 44.7 Å². The summed E-state index contributed by atoms with van der Waals surface area (Å²) in [5, 5.41) is 12.7. The molecule has 0 radical (unpaired) electrons. The predicted molar refractivity (Wildman–Crippen MR) is 127 cm³/mol. The number of benzene rings is 2. The molecular weight excluding hydrogens is 428 g/mol. The first kappa shape index (κ1) is 21.7. The molecule has 5 rings (SSSR count). The van der Waals surface area contributed by atoms with E-state index >= 15 is 0 Å². The summed E-state index contributed by atoms with van der Waals surface area (Å²) < 4.78 is 2.01. The second-order valence-electron chi connectivity index (χ2n) is 8.78. The molecule has 1 saturated carbocycles. The number of urea groups is 1. The minimum absolute atomic E-state index is 0.0366. The average Bonchev–Trinajstić information content (AvgIpc) is 3.20. The highest BCUT2D eigenvalue weighted by molar-refractivity contribution is 6.31. The van der Waals surface area contributed by atoms with Gasteiger partial charge in [0.2, 0.25) is 0 Å². The molecule has 1 aromatic heterocycles. The van der Waals surface area contributed by atoms with Gasteiger partial charge in [-0.2, -0.15) is 5.26 Å². The zero-order chi connectivity index (χ0) is 23.7. The van der Waals surface area contributed by atoms with Gasteiger partial charge in [0.25, 0.3) is 11.8 Å². The first-order valence-electron chi connectivity index (χ1n) is 11.5. The van der Waals surface area contributed by atoms with Gasteiger partial charge < -0.3 is 4.57 Å². The summed E-state index contributed by atoms with van der Waals surface area (Å²) >= 11 is 0. The molecule has 0 atom stereocenters. The molecule has 7 nitrogen and oxygen atoms in total. The van der Waals surface area contributed by atoms with Crippen LogP contribution in [0, 0.1) is 11.3 Å². The van der Waals surface area contributed by atoms with Crippen molar-refractivity contribution in [3.05, 3.63) is 77.0 Å². The molecule has 1 saturated heterocycles. The van der Waals surface area contributed by atoms with Crippen LogP contribution in [0.4, 0.5) is 4.79 Å². The number of nitriles is 1. The Morgan fingerprint density at radius 2 is 1.74 bits per heavy atom. The van der Waals surface area contributed by atoms with Gasteiger partial charge in [-0.05, 0) is 36.6 Å². The van der Waals surface area contributed by atoms with Gasteiger partial charge >= 0.3 is 6.03 Å². The maximum absolute atomic E-state index is 13.3. The Morgan fingerprint density at radius 1 is 1.00 bits per heavy atom. The normalized spacial score (nSPS) is 18.4. The summed E-state index contributed by atoms with van der Waals surface area (Å²) in [5.74, 6) is -1.21. The van der Waals surface area contributed by atoms with E-state index in [2.05, 4.69) is 11.4 Å². The largest absolute Gasteiger partial charge is 0.342 e. The van der Waals surface area contributed by atoms with E-state index in [0.29, 0.717) is 17.7 Å². The summed E-state index contributed by atoms with van der Waals surface area (Å²) in [4.78, 5) is 39.7. The topological polar surface area (TPSA) is 95.2 Å². The van der Waals surface area contributed by atoms with E-state index in [1.807, 2.05) is 53.2 Å². The fourth-order valence-corrected chi connectivity index (χ4v) is 4.97. The van der Waals surface area contributed by atoms with E-state index in [0.717, 1.165) is 48.6 Å². The highest BCUT2D eigenvalue weighted by Crippen LogP contribution is 2.29. The maximum atomic E-state index is 13.3. The average molecular weight is 453 g/mol. The molecule has 2 aliphatic rings. The molecule has 2 heterocycles. The van der Waals surface area contributed by atoms with Crippen LogP contribution >= 0.6 is 0 Å². The second kappa shape index (κ2) is 8.99. The van der Waals surface area contributed by atoms with Crippen molar-refractivity contribution < 1.29 is 14.4 Å². The van der Waals surface area contributed by atoms with E-state index in [1.54, 1.807) is 12.1 Å². The molecule has 34 heavy (non-hydrogen) atoms. The van der Waals surface area contributed by atoms with Crippen LogP contribution in [0.5, 0.6) is 0 Å². The van der Waals surface area contributed by atoms with Crippen LogP contribution in [-0.2, 0) is 16.1 Å². The number of hydrogen-bond donors (Lipinski definition) is 1. The standard InChI is InChI=1S/C27H24N4O3/c28-15-18-8-4-5-9-19(18)16-30-17-20(22-12-6-7-13-24(22)30)14-23-25(32)29-27(34)31(26(23)33)21-10-2-1-3-11-21/h4-9,12-14,17,21H,1-3,10-11,16H2,(H,29,32,34)/b23-14+. The smallest absolute Gasteiger partial charge is 0.331 e. The summed E-state index contributed by atoms with van der Waals surface area (Å²) in [5.41, 5.74) is 3.08. The number of para-hydroxylation sites is 1. The minimum atomic E-state index is -0.672. The van der Waals surface area contributed by atoms with Gasteiger partial charge in [-0.15, -0.1) is 0 Å². The molecule has 0 bridgehead atoms. The molecule has 4 amide bonds. The molecule has 1 aliphatic heterocycles. The second-order valence-corrected chi connectivity index (χ2v) is 8.78. The van der Waals surface area contributed by atoms with E-state index in [1.165, 1.54) is 4.90 Å². The number of hydrogen-bond acceptors (Lipinski definition) is 4. The molecule has 1 aliphatic carbocycles. The number of carbonyl (C=O) groups excluding carboxylic acids is 3. The Kier molecular flexibility index (Phi) is 5.72. The van der Waals surface area contributed by atoms with Crippen molar-refractivity contribution in [1.82, 2.24) is 14.8 Å². The van der Waals surface area contributed by atoms with Crippen LogP contribution in [0.3, 0.4) is 0 Å². The summed E-state index contributed by atoms with van der Waals surface area (Å²) in [6.07, 6.45) is 8.01. The highest BCUT2D eigenvalue weighted by atomic mass is 16.2. The van der Waals surface area contributed by atoms with Gasteiger partial charge in [-0.1, -0.05) is 55.7 Å². The first-order chi connectivity index (χ1) is 16.6. The Bertz CT molecular complexity index is 1370. The third-order valence-corrected chi connectivity index (χ3v) is 6.67. The van der Waals surface area contributed by atoms with Crippen molar-refractivity contribution in [3.8, 4) is 6.07 Å². The van der Waals surface area contributed by atoms with Crippen LogP contribution in [0.25, 0.3) is 17.0 Å². The van der Waals surface area contributed by atoms with Crippen LogP contribution in [0.15, 0.2) is 60.3 Å². The first-order valence-corrected chi connectivity index (χ1v) is 11.5. The number of carbonyl (C=O) groups is 3. The number of imide groups is 2. The van der Waals surface area contributed by atoms with Gasteiger partial charge in [-0.25, -0.2) is 4.79 Å². The van der Waals surface area contributed by atoms with Crippen LogP contribution in [0.2, 0.25) is 0 Å². The quantitative estimate of drug-likeness (QED) is 0.470. The van der Waals surface area contributed by atoms with Gasteiger partial charge in [0.05, 0.1) is 11.6 Å². The van der Waals surface area contributed by atoms with Crippen LogP contribution < -0.4 is 5.32 Å². The third kappa shape index (κ3) is 3.88. The number of amides is 4. The Morgan fingerprint density at radius 3 is 2.53 bits per heavy atom. The molecule has 170 valence electrons. The van der Waals surface area contributed by atoms with Gasteiger partial charge in [0, 0.05) is 35.2 Å². The Hall–Kier alpha value is -4.18. The lowest BCUT2D eigenvalue weighted by Crippen LogP contribution is -2.58. The molecule has 7 heteroatoms. The molecule has 0 spiro atoms.